The summed E-state index contributed by atoms with van der Waals surface area (Å²) in [7, 11) is 1.34. The predicted molar refractivity (Wildman–Crippen MR) is 145 cm³/mol. The summed E-state index contributed by atoms with van der Waals surface area (Å²) in [5, 5.41) is 4.52. The Balaban J connectivity index is 1.52. The van der Waals surface area contributed by atoms with Gasteiger partial charge in [-0.2, -0.15) is 13.2 Å². The minimum atomic E-state index is -4.64. The molecule has 3 N–H and O–H groups in total. The number of hydrogen-bond acceptors (Lipinski definition) is 7. The molecule has 1 amide bonds. The van der Waals surface area contributed by atoms with Gasteiger partial charge in [0.05, 0.1) is 29.2 Å². The Morgan fingerprint density at radius 3 is 2.62 bits per heavy atom. The van der Waals surface area contributed by atoms with Crippen molar-refractivity contribution in [2.45, 2.75) is 25.2 Å². The first-order valence-electron chi connectivity index (χ1n) is 12.3. The minimum Gasteiger partial charge on any atom is -0.494 e. The first-order valence-corrected chi connectivity index (χ1v) is 13.0. The minimum absolute atomic E-state index is 0.0187. The monoisotopic (exact) mass is 593 g/mol. The summed E-state index contributed by atoms with van der Waals surface area (Å²) in [6.07, 6.45) is -4.64. The topological polar surface area (TPSA) is 107 Å². The summed E-state index contributed by atoms with van der Waals surface area (Å²) < 4.78 is 51.3. The molecule has 0 aliphatic carbocycles. The van der Waals surface area contributed by atoms with Crippen LogP contribution >= 0.6 is 23.2 Å². The lowest BCUT2D eigenvalue weighted by atomic mass is 10.0. The average molecular weight is 594 g/mol. The van der Waals surface area contributed by atoms with E-state index in [0.29, 0.717) is 40.6 Å². The molecule has 0 saturated carbocycles. The number of nitrogens with zero attached hydrogens (tertiary/aromatic N) is 3. The number of aromatic nitrogens is 2. The molecule has 13 heteroatoms. The van der Waals surface area contributed by atoms with Crippen LogP contribution in [0.25, 0.3) is 22.4 Å². The molecule has 1 unspecified atom stereocenters. The molecule has 40 heavy (non-hydrogen) atoms. The number of hydrogen-bond donors (Lipinski definition) is 2. The van der Waals surface area contributed by atoms with E-state index in [1.165, 1.54) is 19.2 Å². The van der Waals surface area contributed by atoms with Crippen molar-refractivity contribution in [1.29, 1.82) is 0 Å². The Morgan fingerprint density at radius 1 is 1.18 bits per heavy atom. The van der Waals surface area contributed by atoms with Crippen LogP contribution in [0.4, 0.5) is 13.2 Å². The van der Waals surface area contributed by atoms with E-state index in [-0.39, 0.29) is 40.6 Å². The molecule has 1 aliphatic heterocycles. The third-order valence-corrected chi connectivity index (χ3v) is 7.38. The highest BCUT2D eigenvalue weighted by Gasteiger charge is 2.34. The number of piperazine rings is 1. The molecule has 2 aromatic heterocycles. The third kappa shape index (κ3) is 5.34. The van der Waals surface area contributed by atoms with Crippen molar-refractivity contribution < 1.29 is 27.1 Å². The van der Waals surface area contributed by atoms with Crippen molar-refractivity contribution in [1.82, 2.24) is 20.2 Å². The fraction of sp³-hybridized carbons (Fsp3) is 0.296. The number of rotatable bonds is 5. The maximum atomic E-state index is 13.7. The van der Waals surface area contributed by atoms with Crippen LogP contribution < -0.4 is 15.8 Å². The van der Waals surface area contributed by atoms with Gasteiger partial charge in [0, 0.05) is 30.6 Å². The van der Waals surface area contributed by atoms with Crippen molar-refractivity contribution in [3.05, 3.63) is 75.2 Å². The molecule has 2 atom stereocenters. The Morgan fingerprint density at radius 2 is 1.95 bits per heavy atom. The average Bonchev–Trinajstić information content (AvgIpc) is 3.38. The molecular weight excluding hydrogens is 570 g/mol. The van der Waals surface area contributed by atoms with Crippen molar-refractivity contribution in [2.75, 3.05) is 26.7 Å². The number of ether oxygens (including phenoxy) is 1. The van der Waals surface area contributed by atoms with Gasteiger partial charge in [-0.15, -0.1) is 0 Å². The largest absolute Gasteiger partial charge is 0.494 e. The molecule has 0 spiro atoms. The zero-order valence-electron chi connectivity index (χ0n) is 21.4. The van der Waals surface area contributed by atoms with Gasteiger partial charge in [0.15, 0.2) is 11.5 Å². The molecule has 210 valence electrons. The number of nitrogens with one attached hydrogen (secondary N) is 1. The highest BCUT2D eigenvalue weighted by atomic mass is 35.5. The Hall–Kier alpha value is -3.38. The molecular formula is C27H24Cl2F3N5O3. The molecule has 8 nitrogen and oxygen atoms in total. The summed E-state index contributed by atoms with van der Waals surface area (Å²) in [5.74, 6) is -0.0482. The number of oxazole rings is 1. The van der Waals surface area contributed by atoms with Crippen LogP contribution in [0.15, 0.2) is 46.9 Å². The van der Waals surface area contributed by atoms with E-state index in [2.05, 4.69) is 15.3 Å². The van der Waals surface area contributed by atoms with Crippen LogP contribution in [0.1, 0.15) is 46.5 Å². The van der Waals surface area contributed by atoms with Crippen LogP contribution in [0.3, 0.4) is 0 Å². The fourth-order valence-electron chi connectivity index (χ4n) is 4.65. The number of methoxy groups -OCH3 is 1. The number of carbonyl (C=O) groups is 1. The maximum absolute atomic E-state index is 13.7. The predicted octanol–water partition coefficient (Wildman–Crippen LogP) is 6.03. The van der Waals surface area contributed by atoms with Gasteiger partial charge in [-0.3, -0.25) is 4.79 Å². The lowest BCUT2D eigenvalue weighted by molar-refractivity contribution is -0.140. The number of alkyl halides is 3. The summed E-state index contributed by atoms with van der Waals surface area (Å²) >= 11 is 12.2. The molecule has 3 heterocycles. The van der Waals surface area contributed by atoms with Gasteiger partial charge in [-0.25, -0.2) is 9.97 Å². The number of carbonyl (C=O) groups excluding carboxylic acids is 1. The standard InChI is InChI=1S/C27H24Cl2F3N5O3/c1-13(33)24-23(26(38)37-10-9-34-19(12-37)14-3-6-17(28)18(29)11-14)36-25(40-24)16-4-7-20(39-2)22-15(16)5-8-21(35-22)27(30,31)32/h3-8,11,13,19,34H,9-10,12,33H2,1-2H3/t13?,19-/m0/s1. The van der Waals surface area contributed by atoms with Crippen LogP contribution in [0, 0.1) is 0 Å². The van der Waals surface area contributed by atoms with Gasteiger partial charge in [-0.1, -0.05) is 29.3 Å². The summed E-state index contributed by atoms with van der Waals surface area (Å²) in [6, 6.07) is 9.62. The van der Waals surface area contributed by atoms with E-state index in [0.717, 1.165) is 11.6 Å². The Kier molecular flexibility index (Phi) is 7.66. The van der Waals surface area contributed by atoms with Gasteiger partial charge in [-0.05, 0) is 48.9 Å². The third-order valence-electron chi connectivity index (χ3n) is 6.64. The second-order valence-electron chi connectivity index (χ2n) is 9.36. The number of amides is 1. The number of fused-ring (bicyclic) bond motifs is 1. The van der Waals surface area contributed by atoms with Gasteiger partial charge in [0.2, 0.25) is 5.89 Å². The van der Waals surface area contributed by atoms with Crippen LogP contribution in [0.5, 0.6) is 5.75 Å². The van der Waals surface area contributed by atoms with Gasteiger partial charge < -0.3 is 25.1 Å². The number of halogens is 5. The maximum Gasteiger partial charge on any atom is 0.433 e. The van der Waals surface area contributed by atoms with E-state index in [1.54, 1.807) is 30.0 Å². The molecule has 4 aromatic rings. The lowest BCUT2D eigenvalue weighted by Crippen LogP contribution is -2.48. The fourth-order valence-corrected chi connectivity index (χ4v) is 4.95. The number of pyridine rings is 1. The van der Waals surface area contributed by atoms with E-state index >= 15 is 0 Å². The second kappa shape index (κ2) is 10.9. The van der Waals surface area contributed by atoms with Crippen LogP contribution in [0.2, 0.25) is 10.0 Å². The van der Waals surface area contributed by atoms with Crippen LogP contribution in [-0.4, -0.2) is 47.5 Å². The van der Waals surface area contributed by atoms with Crippen molar-refractivity contribution in [3.8, 4) is 17.2 Å². The Bertz CT molecular complexity index is 1590. The first kappa shape index (κ1) is 28.2. The van der Waals surface area contributed by atoms with E-state index in [4.69, 9.17) is 38.1 Å². The number of benzene rings is 2. The van der Waals surface area contributed by atoms with E-state index in [1.807, 2.05) is 6.07 Å². The quantitative estimate of drug-likeness (QED) is 0.291. The first-order chi connectivity index (χ1) is 19.0. The van der Waals surface area contributed by atoms with Crippen molar-refractivity contribution >= 4 is 40.0 Å². The smallest absolute Gasteiger partial charge is 0.433 e. The molecule has 1 fully saturated rings. The van der Waals surface area contributed by atoms with E-state index in [9.17, 15) is 18.0 Å². The molecule has 0 bridgehead atoms. The summed E-state index contributed by atoms with van der Waals surface area (Å²) in [4.78, 5) is 23.6. The van der Waals surface area contributed by atoms with Crippen molar-refractivity contribution in [2.24, 2.45) is 5.73 Å². The second-order valence-corrected chi connectivity index (χ2v) is 10.2. The SMILES string of the molecule is COc1ccc(-c2nc(C(=O)N3CCN[C@H](c4ccc(Cl)c(Cl)c4)C3)c(C(C)N)o2)c2ccc(C(F)(F)F)nc12. The Labute approximate surface area is 237 Å². The van der Waals surface area contributed by atoms with Crippen LogP contribution in [-0.2, 0) is 6.18 Å². The molecule has 0 radical (unpaired) electrons. The van der Waals surface area contributed by atoms with E-state index < -0.39 is 17.9 Å². The lowest BCUT2D eigenvalue weighted by Gasteiger charge is -2.34. The number of nitrogens with two attached hydrogens (primary N) is 1. The normalized spacial score (nSPS) is 16.8. The zero-order chi connectivity index (χ0) is 28.8. The molecule has 5 rings (SSSR count). The highest BCUT2D eigenvalue weighted by Crippen LogP contribution is 2.38. The van der Waals surface area contributed by atoms with Crippen molar-refractivity contribution in [3.63, 3.8) is 0 Å². The highest BCUT2D eigenvalue weighted by molar-refractivity contribution is 6.42. The van der Waals surface area contributed by atoms with Gasteiger partial charge >= 0.3 is 6.18 Å². The van der Waals surface area contributed by atoms with Gasteiger partial charge in [0.1, 0.15) is 17.0 Å². The molecule has 1 saturated heterocycles. The molecule has 2 aromatic carbocycles. The zero-order valence-corrected chi connectivity index (χ0v) is 22.9. The van der Waals surface area contributed by atoms with Gasteiger partial charge in [0.25, 0.3) is 5.91 Å². The summed E-state index contributed by atoms with van der Waals surface area (Å²) in [5.41, 5.74) is 6.31. The molecule has 1 aliphatic rings. The summed E-state index contributed by atoms with van der Waals surface area (Å²) in [6.45, 7) is 2.91.